The van der Waals surface area contributed by atoms with Gasteiger partial charge >= 0.3 is 0 Å². The van der Waals surface area contributed by atoms with E-state index in [0.717, 1.165) is 34.6 Å². The number of amides is 1. The van der Waals surface area contributed by atoms with Crippen molar-refractivity contribution >= 4 is 34.7 Å². The molecular weight excluding hydrogens is 490 g/mol. The molecule has 2 aromatic carbocycles. The number of nitrogens with zero attached hydrogens (tertiary/aromatic N) is 6. The monoisotopic (exact) mass is 513 g/mol. The molecule has 0 spiro atoms. The summed E-state index contributed by atoms with van der Waals surface area (Å²) in [4.78, 5) is 19.5. The molecule has 0 atom stereocenters. The van der Waals surface area contributed by atoms with Crippen LogP contribution in [-0.4, -0.2) is 54.9 Å². The van der Waals surface area contributed by atoms with E-state index in [1.54, 1.807) is 36.7 Å². The van der Waals surface area contributed by atoms with E-state index in [4.69, 9.17) is 16.3 Å². The van der Waals surface area contributed by atoms with E-state index in [1.807, 2.05) is 56.7 Å². The third-order valence-electron chi connectivity index (χ3n) is 6.26. The third-order valence-corrected chi connectivity index (χ3v) is 6.51. The minimum absolute atomic E-state index is 0.0574. The summed E-state index contributed by atoms with van der Waals surface area (Å²) < 4.78 is 9.72. The Morgan fingerprint density at radius 1 is 0.946 bits per heavy atom. The van der Waals surface area contributed by atoms with Crippen LogP contribution in [0.25, 0.3) is 16.8 Å². The number of aryl methyl sites for hydroxylation is 1. The lowest BCUT2D eigenvalue weighted by atomic mass is 10.1. The molecule has 0 radical (unpaired) electrons. The van der Waals surface area contributed by atoms with Crippen LogP contribution in [0.3, 0.4) is 0 Å². The molecule has 6 bridgehead atoms. The molecule has 0 fully saturated rings. The van der Waals surface area contributed by atoms with Gasteiger partial charge in [0.2, 0.25) is 5.95 Å². The maximum atomic E-state index is 13.3. The van der Waals surface area contributed by atoms with E-state index in [-0.39, 0.29) is 5.91 Å². The molecule has 37 heavy (non-hydrogen) atoms. The molecule has 9 nitrogen and oxygen atoms in total. The van der Waals surface area contributed by atoms with Crippen molar-refractivity contribution in [3.63, 3.8) is 0 Å². The van der Waals surface area contributed by atoms with E-state index < -0.39 is 0 Å². The van der Waals surface area contributed by atoms with Gasteiger partial charge in [0.05, 0.1) is 35.8 Å². The zero-order chi connectivity index (χ0) is 25.2. The summed E-state index contributed by atoms with van der Waals surface area (Å²) in [7, 11) is 0. The zero-order valence-electron chi connectivity index (χ0n) is 19.9. The van der Waals surface area contributed by atoms with Gasteiger partial charge in [-0.1, -0.05) is 11.6 Å². The van der Waals surface area contributed by atoms with Crippen LogP contribution in [-0.2, 0) is 6.54 Å². The third kappa shape index (κ3) is 4.99. The van der Waals surface area contributed by atoms with E-state index in [2.05, 4.69) is 20.5 Å². The number of aromatic nitrogens is 5. The average molecular weight is 514 g/mol. The van der Waals surface area contributed by atoms with Gasteiger partial charge in [-0.15, -0.1) is 5.10 Å². The van der Waals surface area contributed by atoms with Crippen LogP contribution in [0, 0.1) is 0 Å². The maximum absolute atomic E-state index is 13.3. The lowest BCUT2D eigenvalue weighted by Crippen LogP contribution is -2.36. The summed E-state index contributed by atoms with van der Waals surface area (Å²) in [5, 5.41) is 13.0. The normalized spacial score (nSPS) is 14.0. The highest BCUT2D eigenvalue weighted by Gasteiger charge is 2.16. The molecule has 10 heteroatoms. The predicted octanol–water partition coefficient (Wildman–Crippen LogP) is 4.91. The molecule has 0 saturated carbocycles. The van der Waals surface area contributed by atoms with Crippen molar-refractivity contribution in [1.82, 2.24) is 29.3 Å². The minimum atomic E-state index is -0.0574. The van der Waals surface area contributed by atoms with E-state index in [9.17, 15) is 4.79 Å². The fraction of sp³-hybridized carbons (Fsp3) is 0.185. The van der Waals surface area contributed by atoms with Crippen molar-refractivity contribution in [3.8, 4) is 17.0 Å². The first-order chi connectivity index (χ1) is 18.1. The molecule has 1 amide bonds. The van der Waals surface area contributed by atoms with E-state index >= 15 is 0 Å². The summed E-state index contributed by atoms with van der Waals surface area (Å²) in [5.41, 5.74) is 4.23. The summed E-state index contributed by atoms with van der Waals surface area (Å²) in [6.45, 7) is 2.03. The second-order valence-corrected chi connectivity index (χ2v) is 9.22. The maximum Gasteiger partial charge on any atom is 0.253 e. The van der Waals surface area contributed by atoms with Crippen molar-refractivity contribution in [3.05, 3.63) is 89.8 Å². The minimum Gasteiger partial charge on any atom is -0.492 e. The number of ether oxygens (including phenoxy) is 1. The van der Waals surface area contributed by atoms with Gasteiger partial charge in [0.15, 0.2) is 0 Å². The van der Waals surface area contributed by atoms with Gasteiger partial charge in [0.1, 0.15) is 12.4 Å². The Labute approximate surface area is 218 Å². The van der Waals surface area contributed by atoms with Crippen molar-refractivity contribution in [2.45, 2.75) is 13.0 Å². The first-order valence-corrected chi connectivity index (χ1v) is 12.4. The number of anilines is 2. The fourth-order valence-corrected chi connectivity index (χ4v) is 4.49. The van der Waals surface area contributed by atoms with Crippen molar-refractivity contribution in [2.24, 2.45) is 0 Å². The Morgan fingerprint density at radius 3 is 2.62 bits per heavy atom. The summed E-state index contributed by atoms with van der Waals surface area (Å²) in [6, 6.07) is 18.8. The number of rotatable bonds is 1. The number of fused-ring (bicyclic) bond motifs is 8. The first kappa shape index (κ1) is 23.1. The Bertz CT molecular complexity index is 1540. The van der Waals surface area contributed by atoms with Crippen LogP contribution in [0.5, 0.6) is 5.75 Å². The summed E-state index contributed by atoms with van der Waals surface area (Å²) >= 11 is 6.02. The largest absolute Gasteiger partial charge is 0.492 e. The van der Waals surface area contributed by atoms with Crippen LogP contribution >= 0.6 is 11.6 Å². The van der Waals surface area contributed by atoms with Crippen molar-refractivity contribution < 1.29 is 9.53 Å². The zero-order valence-corrected chi connectivity index (χ0v) is 20.7. The topological polar surface area (TPSA) is 89.6 Å². The average Bonchev–Trinajstić information content (AvgIpc) is 3.54. The standard InChI is InChI=1S/C27H24ClN7O2/c28-21-6-2-20(3-7-21)26(36)33-12-1-13-34-18-22(16-30-34)31-27-29-17-23-8-11-25(35(23)32-27)19-4-9-24(10-5-19)37-15-14-33/h2-11,16-18H,1,12-15H2,(H,31,32). The number of nitrogens with one attached hydrogen (secondary N) is 1. The van der Waals surface area contributed by atoms with Crippen LogP contribution in [0.4, 0.5) is 11.6 Å². The number of carbonyl (C=O) groups excluding carboxylic acids is 1. The number of benzene rings is 2. The first-order valence-electron chi connectivity index (χ1n) is 12.0. The van der Waals surface area contributed by atoms with Crippen LogP contribution in [0.2, 0.25) is 5.02 Å². The van der Waals surface area contributed by atoms with Crippen molar-refractivity contribution in [1.29, 1.82) is 0 Å². The molecule has 7 rings (SSSR count). The van der Waals surface area contributed by atoms with Gasteiger partial charge in [-0.2, -0.15) is 5.10 Å². The van der Waals surface area contributed by atoms with Crippen molar-refractivity contribution in [2.75, 3.05) is 25.0 Å². The molecule has 0 aliphatic carbocycles. The molecule has 2 aliphatic rings. The second kappa shape index (κ2) is 9.94. The molecule has 5 aromatic rings. The Balaban J connectivity index is 1.30. The molecule has 0 saturated heterocycles. The highest BCUT2D eigenvalue weighted by molar-refractivity contribution is 6.30. The summed E-state index contributed by atoms with van der Waals surface area (Å²) in [6.07, 6.45) is 6.16. The quantitative estimate of drug-likeness (QED) is 0.342. The Kier molecular flexibility index (Phi) is 6.20. The molecule has 2 aliphatic heterocycles. The van der Waals surface area contributed by atoms with Gasteiger partial charge in [-0.25, -0.2) is 9.50 Å². The number of hydrogen-bond donors (Lipinski definition) is 1. The lowest BCUT2D eigenvalue weighted by Gasteiger charge is -2.23. The number of halogens is 1. The highest BCUT2D eigenvalue weighted by Crippen LogP contribution is 2.25. The summed E-state index contributed by atoms with van der Waals surface area (Å²) in [5.74, 6) is 1.15. The molecule has 186 valence electrons. The van der Waals surface area contributed by atoms with E-state index in [1.165, 1.54) is 0 Å². The fourth-order valence-electron chi connectivity index (χ4n) is 4.37. The molecule has 3 aromatic heterocycles. The SMILES string of the molecule is O=C(c1ccc(Cl)cc1)N1CCCn2cc(cn2)Nc2ncc3ccc(n3n2)-c2ccc(cc2)OCC1. The van der Waals surface area contributed by atoms with E-state index in [0.29, 0.717) is 42.8 Å². The van der Waals surface area contributed by atoms with Crippen LogP contribution < -0.4 is 10.1 Å². The molecular formula is C27H24ClN7O2. The molecule has 5 heterocycles. The Hall–Kier alpha value is -4.37. The van der Waals surface area contributed by atoms with Gasteiger partial charge in [-0.05, 0) is 67.1 Å². The molecule has 0 unspecified atom stereocenters. The van der Waals surface area contributed by atoms with Gasteiger partial charge in [0, 0.05) is 35.4 Å². The predicted molar refractivity (Wildman–Crippen MR) is 141 cm³/mol. The lowest BCUT2D eigenvalue weighted by molar-refractivity contribution is 0.0725. The Morgan fingerprint density at radius 2 is 1.78 bits per heavy atom. The van der Waals surface area contributed by atoms with Gasteiger partial charge < -0.3 is 15.0 Å². The van der Waals surface area contributed by atoms with Crippen LogP contribution in [0.15, 0.2) is 79.3 Å². The number of carbonyl (C=O) groups is 1. The highest BCUT2D eigenvalue weighted by atomic mass is 35.5. The second-order valence-electron chi connectivity index (χ2n) is 8.78. The molecule has 1 N–H and O–H groups in total. The van der Waals surface area contributed by atoms with Crippen LogP contribution in [0.1, 0.15) is 16.8 Å². The smallest absolute Gasteiger partial charge is 0.253 e. The van der Waals surface area contributed by atoms with Gasteiger partial charge in [0.25, 0.3) is 5.91 Å². The van der Waals surface area contributed by atoms with Gasteiger partial charge in [-0.3, -0.25) is 9.48 Å². The number of hydrogen-bond acceptors (Lipinski definition) is 6.